The molecule has 3 heterocycles. The molecule has 0 radical (unpaired) electrons. The summed E-state index contributed by atoms with van der Waals surface area (Å²) in [5.41, 5.74) is 1.44. The Hall–Kier alpha value is -1.97. The summed E-state index contributed by atoms with van der Waals surface area (Å²) >= 11 is 0. The van der Waals surface area contributed by atoms with Gasteiger partial charge in [-0.1, -0.05) is 18.2 Å². The van der Waals surface area contributed by atoms with Crippen LogP contribution >= 0.6 is 0 Å². The van der Waals surface area contributed by atoms with Crippen LogP contribution in [0.2, 0.25) is 0 Å². The summed E-state index contributed by atoms with van der Waals surface area (Å²) in [6.45, 7) is 2.36. The highest BCUT2D eigenvalue weighted by molar-refractivity contribution is 7.90. The first-order chi connectivity index (χ1) is 13.8. The monoisotopic (exact) mass is 422 g/mol. The number of carbonyl (C=O) groups excluding carboxylic acids is 2. The van der Waals surface area contributed by atoms with Crippen molar-refractivity contribution in [2.45, 2.75) is 37.6 Å². The third kappa shape index (κ3) is 4.17. The van der Waals surface area contributed by atoms with Crippen molar-refractivity contribution in [3.8, 4) is 0 Å². The number of ether oxygens (including phenoxy) is 2. The summed E-state index contributed by atoms with van der Waals surface area (Å²) in [5, 5.41) is 0. The molecule has 0 unspecified atom stereocenters. The molecule has 2 fully saturated rings. The molecule has 0 saturated carbocycles. The van der Waals surface area contributed by atoms with Gasteiger partial charge in [0.2, 0.25) is 5.91 Å². The molecule has 158 valence electrons. The third-order valence-electron chi connectivity index (χ3n) is 5.92. The van der Waals surface area contributed by atoms with Gasteiger partial charge in [-0.25, -0.2) is 8.42 Å². The lowest BCUT2D eigenvalue weighted by Gasteiger charge is -2.40. The number of carbonyl (C=O) groups is 2. The van der Waals surface area contributed by atoms with Gasteiger partial charge in [-0.2, -0.15) is 0 Å². The van der Waals surface area contributed by atoms with E-state index in [-0.39, 0.29) is 24.0 Å². The molecule has 0 aromatic heterocycles. The Bertz CT molecular complexity index is 899. The number of benzene rings is 1. The van der Waals surface area contributed by atoms with Gasteiger partial charge >= 0.3 is 0 Å². The summed E-state index contributed by atoms with van der Waals surface area (Å²) < 4.78 is 34.9. The quantitative estimate of drug-likeness (QED) is 0.697. The topological polar surface area (TPSA) is 93.2 Å². The van der Waals surface area contributed by atoms with Gasteiger partial charge in [0, 0.05) is 44.3 Å². The van der Waals surface area contributed by atoms with Crippen molar-refractivity contribution in [2.75, 3.05) is 38.3 Å². The van der Waals surface area contributed by atoms with Crippen LogP contribution in [0.5, 0.6) is 0 Å². The Morgan fingerprint density at radius 1 is 1.17 bits per heavy atom. The van der Waals surface area contributed by atoms with Gasteiger partial charge in [-0.15, -0.1) is 0 Å². The lowest BCUT2D eigenvalue weighted by Crippen LogP contribution is -2.54. The molecule has 1 aromatic rings. The van der Waals surface area contributed by atoms with Crippen LogP contribution < -0.4 is 0 Å². The fourth-order valence-corrected chi connectivity index (χ4v) is 4.98. The van der Waals surface area contributed by atoms with E-state index in [2.05, 4.69) is 0 Å². The zero-order valence-electron chi connectivity index (χ0n) is 16.5. The number of fused-ring (bicyclic) bond motifs is 1. The van der Waals surface area contributed by atoms with Gasteiger partial charge in [-0.05, 0) is 18.1 Å². The van der Waals surface area contributed by atoms with Gasteiger partial charge in [0.05, 0.1) is 19.0 Å². The van der Waals surface area contributed by atoms with Crippen LogP contribution in [0, 0.1) is 0 Å². The van der Waals surface area contributed by atoms with Gasteiger partial charge in [-0.3, -0.25) is 9.59 Å². The van der Waals surface area contributed by atoms with E-state index in [1.807, 2.05) is 12.1 Å². The number of rotatable bonds is 5. The first-order valence-electron chi connectivity index (χ1n) is 9.91. The first-order valence-corrected chi connectivity index (χ1v) is 12.0. The molecule has 3 aliphatic rings. The summed E-state index contributed by atoms with van der Waals surface area (Å²) in [4.78, 5) is 29.5. The SMILES string of the molecule is CS(=O)(=O)CC[C@@H](C(=O)N1CCC2(CC1)OCCO2)N1Cc2ccccc2C1=O. The van der Waals surface area contributed by atoms with Gasteiger partial charge in [0.1, 0.15) is 15.9 Å². The Labute approximate surface area is 170 Å². The lowest BCUT2D eigenvalue weighted by molar-refractivity contribution is -0.188. The largest absolute Gasteiger partial charge is 0.347 e. The molecule has 4 rings (SSSR count). The molecule has 29 heavy (non-hydrogen) atoms. The highest BCUT2D eigenvalue weighted by atomic mass is 32.2. The van der Waals surface area contributed by atoms with E-state index in [4.69, 9.17) is 9.47 Å². The molecular weight excluding hydrogens is 396 g/mol. The van der Waals surface area contributed by atoms with E-state index in [0.29, 0.717) is 51.3 Å². The predicted molar refractivity (Wildman–Crippen MR) is 105 cm³/mol. The van der Waals surface area contributed by atoms with E-state index in [9.17, 15) is 18.0 Å². The van der Waals surface area contributed by atoms with Crippen LogP contribution in [0.4, 0.5) is 0 Å². The normalized spacial score (nSPS) is 22.2. The van der Waals surface area contributed by atoms with Crippen molar-refractivity contribution in [3.05, 3.63) is 35.4 Å². The Kier molecular flexibility index (Phi) is 5.39. The molecule has 8 nitrogen and oxygen atoms in total. The molecule has 1 aromatic carbocycles. The van der Waals surface area contributed by atoms with Gasteiger partial charge < -0.3 is 19.3 Å². The Morgan fingerprint density at radius 3 is 2.45 bits per heavy atom. The van der Waals surface area contributed by atoms with Crippen molar-refractivity contribution in [2.24, 2.45) is 0 Å². The molecule has 1 spiro atoms. The highest BCUT2D eigenvalue weighted by Gasteiger charge is 2.44. The predicted octanol–water partition coefficient (Wildman–Crippen LogP) is 0.811. The van der Waals surface area contributed by atoms with E-state index in [1.54, 1.807) is 17.0 Å². The molecule has 0 aliphatic carbocycles. The minimum Gasteiger partial charge on any atom is -0.347 e. The van der Waals surface area contributed by atoms with Crippen molar-refractivity contribution in [1.29, 1.82) is 0 Å². The van der Waals surface area contributed by atoms with Crippen LogP contribution in [0.15, 0.2) is 24.3 Å². The summed E-state index contributed by atoms with van der Waals surface area (Å²) in [6.07, 6.45) is 2.39. The van der Waals surface area contributed by atoms with Crippen molar-refractivity contribution >= 4 is 21.7 Å². The molecular formula is C20H26N2O6S. The first kappa shape index (κ1) is 20.3. The highest BCUT2D eigenvalue weighted by Crippen LogP contribution is 2.33. The van der Waals surface area contributed by atoms with E-state index in [1.165, 1.54) is 4.90 Å². The summed E-state index contributed by atoms with van der Waals surface area (Å²) in [5.74, 6) is -1.17. The second-order valence-corrected chi connectivity index (χ2v) is 10.2. The van der Waals surface area contributed by atoms with Crippen molar-refractivity contribution < 1.29 is 27.5 Å². The molecule has 3 aliphatic heterocycles. The number of hydrogen-bond donors (Lipinski definition) is 0. The summed E-state index contributed by atoms with van der Waals surface area (Å²) in [6, 6.07) is 6.46. The molecule has 2 amide bonds. The summed E-state index contributed by atoms with van der Waals surface area (Å²) in [7, 11) is -3.26. The molecule has 0 bridgehead atoms. The van der Waals surface area contributed by atoms with E-state index >= 15 is 0 Å². The second-order valence-electron chi connectivity index (χ2n) is 7.96. The molecule has 0 N–H and O–H groups in total. The maximum atomic E-state index is 13.4. The number of piperidine rings is 1. The zero-order chi connectivity index (χ0) is 20.6. The number of sulfone groups is 1. The van der Waals surface area contributed by atoms with Gasteiger partial charge in [0.15, 0.2) is 5.79 Å². The Balaban J connectivity index is 1.51. The fraction of sp³-hybridized carbons (Fsp3) is 0.600. The van der Waals surface area contributed by atoms with Crippen LogP contribution in [0.3, 0.4) is 0 Å². The van der Waals surface area contributed by atoms with Gasteiger partial charge in [0.25, 0.3) is 5.91 Å². The van der Waals surface area contributed by atoms with Crippen LogP contribution in [0.1, 0.15) is 35.2 Å². The second kappa shape index (κ2) is 7.70. The number of amides is 2. The maximum absolute atomic E-state index is 13.4. The third-order valence-corrected chi connectivity index (χ3v) is 6.90. The minimum absolute atomic E-state index is 0.0893. The van der Waals surface area contributed by atoms with Crippen molar-refractivity contribution in [3.63, 3.8) is 0 Å². The van der Waals surface area contributed by atoms with Crippen LogP contribution in [-0.4, -0.2) is 80.2 Å². The number of hydrogen-bond acceptors (Lipinski definition) is 6. The fourth-order valence-electron chi connectivity index (χ4n) is 4.33. The van der Waals surface area contributed by atoms with Crippen molar-refractivity contribution in [1.82, 2.24) is 9.80 Å². The molecule has 9 heteroatoms. The number of likely N-dealkylation sites (tertiary alicyclic amines) is 1. The minimum atomic E-state index is -3.26. The number of nitrogens with zero attached hydrogens (tertiary/aromatic N) is 2. The van der Waals surface area contributed by atoms with Crippen LogP contribution in [0.25, 0.3) is 0 Å². The zero-order valence-corrected chi connectivity index (χ0v) is 17.3. The average molecular weight is 423 g/mol. The molecule has 1 atom stereocenters. The smallest absolute Gasteiger partial charge is 0.255 e. The maximum Gasteiger partial charge on any atom is 0.255 e. The Morgan fingerprint density at radius 2 is 1.83 bits per heavy atom. The average Bonchev–Trinajstić information content (AvgIpc) is 3.27. The van der Waals surface area contributed by atoms with E-state index in [0.717, 1.165) is 11.8 Å². The standard InChI is InChI=1S/C20H26N2O6S/c1-29(25,26)13-6-17(22-14-15-4-2-3-5-16(15)18(22)23)19(24)21-9-7-20(8-10-21)27-11-12-28-20/h2-5,17H,6-14H2,1H3/t17-/m0/s1. The van der Waals surface area contributed by atoms with E-state index < -0.39 is 21.7 Å². The molecule has 2 saturated heterocycles. The van der Waals surface area contributed by atoms with Crippen LogP contribution in [-0.2, 0) is 30.7 Å². The lowest BCUT2D eigenvalue weighted by atomic mass is 10.0.